The Labute approximate surface area is 195 Å². The van der Waals surface area contributed by atoms with Crippen molar-refractivity contribution in [3.8, 4) is 0 Å². The van der Waals surface area contributed by atoms with E-state index in [1.54, 1.807) is 7.05 Å². The maximum Gasteiger partial charge on any atom is 0.511 e. The van der Waals surface area contributed by atoms with Crippen LogP contribution in [0, 0.1) is 0 Å². The third-order valence-electron chi connectivity index (χ3n) is 5.54. The van der Waals surface area contributed by atoms with E-state index in [1.165, 1.54) is 38.8 Å². The van der Waals surface area contributed by atoms with Gasteiger partial charge in [0, 0.05) is 32.7 Å². The molecule has 0 radical (unpaired) electrons. The fraction of sp³-hybridized carbons (Fsp3) is 0.944. The highest BCUT2D eigenvalue weighted by atomic mass is 127. The fourth-order valence-corrected chi connectivity index (χ4v) is 4.79. The van der Waals surface area contributed by atoms with E-state index >= 15 is 0 Å². The highest BCUT2D eigenvalue weighted by Crippen LogP contribution is 2.28. The van der Waals surface area contributed by atoms with Crippen molar-refractivity contribution in [3.63, 3.8) is 0 Å². The zero-order chi connectivity index (χ0) is 21.3. The summed E-state index contributed by atoms with van der Waals surface area (Å²) in [6, 6.07) is -0.0972. The molecule has 0 spiro atoms. The fourth-order valence-electron chi connectivity index (χ4n) is 3.80. The minimum absolute atomic E-state index is 0. The molecule has 0 aromatic rings. The third-order valence-corrected chi connectivity index (χ3v) is 7.17. The van der Waals surface area contributed by atoms with Crippen LogP contribution in [-0.2, 0) is 10.0 Å². The van der Waals surface area contributed by atoms with Crippen LogP contribution in [0.2, 0.25) is 0 Å². The summed E-state index contributed by atoms with van der Waals surface area (Å²) in [7, 11) is -3.58. The molecule has 30 heavy (non-hydrogen) atoms. The third kappa shape index (κ3) is 8.65. The van der Waals surface area contributed by atoms with E-state index in [0.717, 1.165) is 25.9 Å². The molecule has 0 atom stereocenters. The van der Waals surface area contributed by atoms with Crippen molar-refractivity contribution in [2.24, 2.45) is 4.99 Å². The van der Waals surface area contributed by atoms with Crippen molar-refractivity contribution < 1.29 is 21.6 Å². The van der Waals surface area contributed by atoms with Crippen LogP contribution in [-0.4, -0.2) is 81.4 Å². The lowest BCUT2D eigenvalue weighted by molar-refractivity contribution is -0.0494. The number of halogens is 4. The zero-order valence-corrected chi connectivity index (χ0v) is 20.7. The molecule has 0 unspecified atom stereocenters. The highest BCUT2D eigenvalue weighted by Gasteiger charge is 2.50. The molecule has 178 valence electrons. The van der Waals surface area contributed by atoms with Gasteiger partial charge < -0.3 is 15.5 Å². The largest absolute Gasteiger partial charge is 0.511 e. The SMILES string of the molecule is CN=C(NCCCCCN1CCCCC1)NC1CCN(S(=O)(=O)C(F)(F)F)CC1.I. The van der Waals surface area contributed by atoms with Gasteiger partial charge in [-0.2, -0.15) is 17.5 Å². The first kappa shape index (κ1) is 27.7. The molecule has 2 fully saturated rings. The lowest BCUT2D eigenvalue weighted by Crippen LogP contribution is -2.51. The van der Waals surface area contributed by atoms with Crippen LogP contribution in [0.15, 0.2) is 4.99 Å². The predicted octanol–water partition coefficient (Wildman–Crippen LogP) is 2.74. The number of guanidine groups is 1. The van der Waals surface area contributed by atoms with Gasteiger partial charge in [0.25, 0.3) is 0 Å². The Bertz CT molecular complexity index is 620. The Morgan fingerprint density at radius 1 is 1.03 bits per heavy atom. The first-order chi connectivity index (χ1) is 13.7. The number of rotatable bonds is 8. The molecule has 2 heterocycles. The summed E-state index contributed by atoms with van der Waals surface area (Å²) >= 11 is 0. The molecule has 0 saturated carbocycles. The minimum Gasteiger partial charge on any atom is -0.356 e. The van der Waals surface area contributed by atoms with Crippen molar-refractivity contribution in [1.29, 1.82) is 0 Å². The second-order valence-corrected chi connectivity index (χ2v) is 9.66. The Balaban J connectivity index is 0.00000450. The molecular weight excluding hydrogens is 534 g/mol. The number of aliphatic imine (C=N–C) groups is 1. The quantitative estimate of drug-likeness (QED) is 0.204. The predicted molar refractivity (Wildman–Crippen MR) is 124 cm³/mol. The van der Waals surface area contributed by atoms with E-state index in [2.05, 4.69) is 20.5 Å². The summed E-state index contributed by atoms with van der Waals surface area (Å²) in [6.07, 6.45) is 7.93. The van der Waals surface area contributed by atoms with Crippen molar-refractivity contribution >= 4 is 40.0 Å². The molecule has 7 nitrogen and oxygen atoms in total. The monoisotopic (exact) mass is 569 g/mol. The first-order valence-electron chi connectivity index (χ1n) is 10.5. The number of sulfonamides is 1. The molecule has 0 bridgehead atoms. The maximum absolute atomic E-state index is 12.6. The van der Waals surface area contributed by atoms with Gasteiger partial charge in [0.15, 0.2) is 5.96 Å². The van der Waals surface area contributed by atoms with Crippen LogP contribution in [0.25, 0.3) is 0 Å². The standard InChI is InChI=1S/C18H34F3N5O2S.HI/c1-22-17(23-10-4-2-5-11-25-12-6-3-7-13-25)24-16-8-14-26(15-9-16)29(27,28)18(19,20)21;/h16H,2-15H2,1H3,(H2,22,23,24);1H. The summed E-state index contributed by atoms with van der Waals surface area (Å²) in [6.45, 7) is 4.09. The molecule has 12 heteroatoms. The van der Waals surface area contributed by atoms with Gasteiger partial charge in [-0.15, -0.1) is 24.0 Å². The zero-order valence-electron chi connectivity index (χ0n) is 17.6. The van der Waals surface area contributed by atoms with E-state index in [4.69, 9.17) is 0 Å². The van der Waals surface area contributed by atoms with E-state index in [9.17, 15) is 21.6 Å². The molecule has 0 amide bonds. The topological polar surface area (TPSA) is 77.0 Å². The number of unbranched alkanes of at least 4 members (excludes halogenated alkanes) is 2. The number of piperidine rings is 2. The second kappa shape index (κ2) is 13.3. The summed E-state index contributed by atoms with van der Waals surface area (Å²) < 4.78 is 61.4. The number of hydrogen-bond donors (Lipinski definition) is 2. The molecule has 2 saturated heterocycles. The number of alkyl halides is 3. The van der Waals surface area contributed by atoms with E-state index in [0.29, 0.717) is 23.1 Å². The van der Waals surface area contributed by atoms with Crippen LogP contribution in [0.4, 0.5) is 13.2 Å². The van der Waals surface area contributed by atoms with Gasteiger partial charge in [0.1, 0.15) is 0 Å². The Kier molecular flexibility index (Phi) is 12.2. The lowest BCUT2D eigenvalue weighted by Gasteiger charge is -2.32. The number of likely N-dealkylation sites (tertiary alicyclic amines) is 1. The van der Waals surface area contributed by atoms with Gasteiger partial charge >= 0.3 is 15.5 Å². The number of hydrogen-bond acceptors (Lipinski definition) is 4. The van der Waals surface area contributed by atoms with E-state index < -0.39 is 15.5 Å². The molecule has 2 aliphatic rings. The molecule has 2 rings (SSSR count). The minimum atomic E-state index is -5.24. The highest BCUT2D eigenvalue weighted by molar-refractivity contribution is 14.0. The van der Waals surface area contributed by atoms with Crippen molar-refractivity contribution in [2.75, 3.05) is 46.3 Å². The van der Waals surface area contributed by atoms with Crippen LogP contribution in [0.1, 0.15) is 51.4 Å². The van der Waals surface area contributed by atoms with Crippen molar-refractivity contribution in [1.82, 2.24) is 19.8 Å². The normalized spacial score (nSPS) is 20.6. The molecular formula is C18H35F3IN5O2S. The molecule has 0 aliphatic carbocycles. The van der Waals surface area contributed by atoms with Crippen LogP contribution in [0.3, 0.4) is 0 Å². The summed E-state index contributed by atoms with van der Waals surface area (Å²) in [4.78, 5) is 6.69. The maximum atomic E-state index is 12.6. The van der Waals surface area contributed by atoms with E-state index in [1.807, 2.05) is 0 Å². The van der Waals surface area contributed by atoms with Gasteiger partial charge in [-0.1, -0.05) is 12.8 Å². The molecule has 0 aromatic carbocycles. The van der Waals surface area contributed by atoms with Gasteiger partial charge in [-0.3, -0.25) is 4.99 Å². The van der Waals surface area contributed by atoms with Crippen molar-refractivity contribution in [3.05, 3.63) is 0 Å². The van der Waals surface area contributed by atoms with Crippen LogP contribution < -0.4 is 10.6 Å². The van der Waals surface area contributed by atoms with Gasteiger partial charge in [0.05, 0.1) is 0 Å². The average Bonchev–Trinajstić information content (AvgIpc) is 2.70. The Hall–Kier alpha value is -0.340. The molecule has 2 N–H and O–H groups in total. The second-order valence-electron chi connectivity index (χ2n) is 7.73. The summed E-state index contributed by atoms with van der Waals surface area (Å²) in [5.41, 5.74) is -5.24. The van der Waals surface area contributed by atoms with Gasteiger partial charge in [0.2, 0.25) is 0 Å². The van der Waals surface area contributed by atoms with Gasteiger partial charge in [-0.05, 0) is 58.2 Å². The lowest BCUT2D eigenvalue weighted by atomic mass is 10.1. The summed E-state index contributed by atoms with van der Waals surface area (Å²) in [5.74, 6) is 0.609. The molecule has 2 aliphatic heterocycles. The average molecular weight is 569 g/mol. The smallest absolute Gasteiger partial charge is 0.356 e. The van der Waals surface area contributed by atoms with E-state index in [-0.39, 0.29) is 43.1 Å². The van der Waals surface area contributed by atoms with Crippen LogP contribution >= 0.6 is 24.0 Å². The number of nitrogens with one attached hydrogen (secondary N) is 2. The van der Waals surface area contributed by atoms with Crippen LogP contribution in [0.5, 0.6) is 0 Å². The van der Waals surface area contributed by atoms with Crippen molar-refractivity contribution in [2.45, 2.75) is 62.9 Å². The Morgan fingerprint density at radius 3 is 2.23 bits per heavy atom. The van der Waals surface area contributed by atoms with Gasteiger partial charge in [-0.25, -0.2) is 8.42 Å². The number of nitrogens with zero attached hydrogens (tertiary/aromatic N) is 3. The first-order valence-corrected chi connectivity index (χ1v) is 11.9. The Morgan fingerprint density at radius 2 is 1.67 bits per heavy atom. The molecule has 0 aromatic heterocycles. The summed E-state index contributed by atoms with van der Waals surface area (Å²) in [5, 5.41) is 6.42.